The molecule has 146 valence electrons. The fourth-order valence-corrected chi connectivity index (χ4v) is 2.31. The summed E-state index contributed by atoms with van der Waals surface area (Å²) in [5.41, 5.74) is 0.896. The van der Waals surface area contributed by atoms with Gasteiger partial charge in [0.1, 0.15) is 23.5 Å². The summed E-state index contributed by atoms with van der Waals surface area (Å²) in [6.07, 6.45) is 5.09. The number of rotatable bonds is 12. The van der Waals surface area contributed by atoms with Crippen LogP contribution in [-0.4, -0.2) is 25.5 Å². The minimum Gasteiger partial charge on any atom is -0.489 e. The van der Waals surface area contributed by atoms with E-state index in [1.807, 2.05) is 13.8 Å². The van der Waals surface area contributed by atoms with Crippen LogP contribution in [-0.2, 0) is 4.84 Å². The number of benzene rings is 1. The quantitative estimate of drug-likeness (QED) is 0.217. The second-order valence-electron chi connectivity index (χ2n) is 5.66. The minimum atomic E-state index is -0.574. The van der Waals surface area contributed by atoms with Crippen molar-refractivity contribution in [2.45, 2.75) is 39.5 Å². The highest BCUT2D eigenvalue weighted by Gasteiger charge is 2.12. The topological polar surface area (TPSA) is 40.0 Å². The Kier molecular flexibility index (Phi) is 11.5. The summed E-state index contributed by atoms with van der Waals surface area (Å²) in [5.74, 6) is -0.272. The van der Waals surface area contributed by atoms with Crippen molar-refractivity contribution in [3.63, 3.8) is 0 Å². The lowest BCUT2D eigenvalue weighted by Crippen LogP contribution is -2.02. The Balaban J connectivity index is 2.30. The summed E-state index contributed by atoms with van der Waals surface area (Å²) in [5, 5.41) is 4.02. The molecule has 8 heteroatoms. The van der Waals surface area contributed by atoms with E-state index >= 15 is 0 Å². The number of oxime groups is 1. The largest absolute Gasteiger partial charge is 0.489 e. The number of ether oxygens (including phenoxy) is 2. The highest BCUT2D eigenvalue weighted by atomic mass is 35.5. The van der Waals surface area contributed by atoms with Gasteiger partial charge in [0.2, 0.25) is 0 Å². The molecule has 0 aliphatic carbocycles. The fraction of sp³-hybridized carbons (Fsp3) is 0.500. The van der Waals surface area contributed by atoms with Gasteiger partial charge in [0.05, 0.1) is 17.3 Å². The first kappa shape index (κ1) is 22.9. The van der Waals surface area contributed by atoms with Crippen LogP contribution in [0.2, 0.25) is 5.02 Å². The van der Waals surface area contributed by atoms with Crippen LogP contribution in [0.5, 0.6) is 11.5 Å². The number of halogens is 4. The van der Waals surface area contributed by atoms with Crippen molar-refractivity contribution in [1.29, 1.82) is 0 Å². The van der Waals surface area contributed by atoms with Gasteiger partial charge in [-0.25, -0.2) is 4.39 Å². The summed E-state index contributed by atoms with van der Waals surface area (Å²) >= 11 is 17.0. The lowest BCUT2D eigenvalue weighted by atomic mass is 10.2. The second-order valence-corrected chi connectivity index (χ2v) is 7.07. The molecule has 0 aliphatic rings. The van der Waals surface area contributed by atoms with Gasteiger partial charge in [0, 0.05) is 12.1 Å². The molecular weight excluding hydrogens is 404 g/mol. The molecule has 0 aromatic heterocycles. The maximum absolute atomic E-state index is 14.1. The van der Waals surface area contributed by atoms with Crippen molar-refractivity contribution in [1.82, 2.24) is 0 Å². The molecular formula is C18H23Cl3FNO3. The van der Waals surface area contributed by atoms with E-state index in [-0.39, 0.29) is 27.6 Å². The minimum absolute atomic E-state index is 0.0287. The van der Waals surface area contributed by atoms with E-state index in [4.69, 9.17) is 49.1 Å². The third-order valence-electron chi connectivity index (χ3n) is 3.08. The number of unbranched alkanes of at least 4 members (excludes halogenated alkanes) is 3. The molecule has 0 N–H and O–H groups in total. The van der Waals surface area contributed by atoms with Crippen LogP contribution in [0.4, 0.5) is 4.39 Å². The van der Waals surface area contributed by atoms with Gasteiger partial charge in [0.25, 0.3) is 0 Å². The lowest BCUT2D eigenvalue weighted by Gasteiger charge is -2.11. The van der Waals surface area contributed by atoms with Crippen molar-refractivity contribution in [3.05, 3.63) is 33.5 Å². The molecule has 0 fully saturated rings. The zero-order valence-corrected chi connectivity index (χ0v) is 17.1. The number of hydrogen-bond donors (Lipinski definition) is 0. The van der Waals surface area contributed by atoms with E-state index in [0.717, 1.165) is 31.4 Å². The Labute approximate surface area is 168 Å². The molecule has 26 heavy (non-hydrogen) atoms. The van der Waals surface area contributed by atoms with Gasteiger partial charge in [-0.05, 0) is 45.6 Å². The third-order valence-corrected chi connectivity index (χ3v) is 3.67. The first-order valence-electron chi connectivity index (χ1n) is 8.29. The van der Waals surface area contributed by atoms with Gasteiger partial charge in [0.15, 0.2) is 11.6 Å². The molecule has 0 heterocycles. The summed E-state index contributed by atoms with van der Waals surface area (Å²) in [6.45, 7) is 4.86. The Hall–Kier alpha value is -1.17. The van der Waals surface area contributed by atoms with Gasteiger partial charge < -0.3 is 14.3 Å². The van der Waals surface area contributed by atoms with Crippen molar-refractivity contribution in [3.8, 4) is 11.5 Å². The molecule has 0 saturated heterocycles. The van der Waals surface area contributed by atoms with Crippen molar-refractivity contribution in [2.24, 2.45) is 5.16 Å². The molecule has 0 saturated carbocycles. The summed E-state index contributed by atoms with van der Waals surface area (Å²) < 4.78 is 24.9. The van der Waals surface area contributed by atoms with Crippen molar-refractivity contribution >= 4 is 40.5 Å². The molecule has 1 aromatic carbocycles. The van der Waals surface area contributed by atoms with Gasteiger partial charge in [-0.15, -0.1) is 0 Å². The predicted molar refractivity (Wildman–Crippen MR) is 105 cm³/mol. The molecule has 0 bridgehead atoms. The van der Waals surface area contributed by atoms with E-state index in [0.29, 0.717) is 13.2 Å². The molecule has 0 aliphatic heterocycles. The van der Waals surface area contributed by atoms with Crippen LogP contribution in [0.3, 0.4) is 0 Å². The molecule has 0 amide bonds. The Bertz CT molecular complexity index is 593. The highest BCUT2D eigenvalue weighted by molar-refractivity contribution is 6.55. The van der Waals surface area contributed by atoms with Crippen LogP contribution in [0.15, 0.2) is 27.9 Å². The molecule has 0 spiro atoms. The summed E-state index contributed by atoms with van der Waals surface area (Å²) in [7, 11) is 0. The molecule has 1 aromatic rings. The Morgan fingerprint density at radius 2 is 1.77 bits per heavy atom. The molecule has 4 nitrogen and oxygen atoms in total. The second kappa shape index (κ2) is 13.1. The zero-order chi connectivity index (χ0) is 19.4. The van der Waals surface area contributed by atoms with Gasteiger partial charge >= 0.3 is 0 Å². The average molecular weight is 427 g/mol. The van der Waals surface area contributed by atoms with Gasteiger partial charge in [-0.1, -0.05) is 40.0 Å². The molecule has 0 atom stereocenters. The maximum Gasteiger partial charge on any atom is 0.173 e. The normalized spacial score (nSPS) is 10.2. The van der Waals surface area contributed by atoms with E-state index in [1.54, 1.807) is 0 Å². The first-order chi connectivity index (χ1) is 12.4. The number of hydrogen-bond acceptors (Lipinski definition) is 4. The standard InChI is InChI=1S/C18H23Cl3FNO3/c1-13(2)23-26-9-6-4-3-5-8-25-18-15(19)11-14(12-16(18)22)24-10-7-17(20)21/h7,11-12H,3-6,8-10H2,1-2H3. The van der Waals surface area contributed by atoms with Crippen LogP contribution in [0.25, 0.3) is 0 Å². The summed E-state index contributed by atoms with van der Waals surface area (Å²) in [4.78, 5) is 5.11. The monoisotopic (exact) mass is 425 g/mol. The first-order valence-corrected chi connectivity index (χ1v) is 9.42. The lowest BCUT2D eigenvalue weighted by molar-refractivity contribution is 0.139. The van der Waals surface area contributed by atoms with Crippen LogP contribution in [0.1, 0.15) is 39.5 Å². The van der Waals surface area contributed by atoms with Gasteiger partial charge in [-0.2, -0.15) is 0 Å². The SMILES string of the molecule is CC(C)=NOCCCCCCOc1c(F)cc(OCC=C(Cl)Cl)cc1Cl. The van der Waals surface area contributed by atoms with Crippen molar-refractivity contribution < 1.29 is 18.7 Å². The zero-order valence-electron chi connectivity index (χ0n) is 14.9. The summed E-state index contributed by atoms with van der Waals surface area (Å²) in [6, 6.07) is 2.70. The molecule has 0 radical (unpaired) electrons. The Morgan fingerprint density at radius 1 is 1.08 bits per heavy atom. The maximum atomic E-state index is 14.1. The van der Waals surface area contributed by atoms with Crippen LogP contribution >= 0.6 is 34.8 Å². The predicted octanol–water partition coefficient (Wildman–Crippen LogP) is 6.53. The van der Waals surface area contributed by atoms with E-state index in [2.05, 4.69) is 5.16 Å². The van der Waals surface area contributed by atoms with Crippen LogP contribution < -0.4 is 9.47 Å². The average Bonchev–Trinajstić information content (AvgIpc) is 2.54. The van der Waals surface area contributed by atoms with E-state index in [9.17, 15) is 4.39 Å². The van der Waals surface area contributed by atoms with Crippen molar-refractivity contribution in [2.75, 3.05) is 19.8 Å². The number of nitrogens with zero attached hydrogens (tertiary/aromatic N) is 1. The third kappa shape index (κ3) is 10.1. The molecule has 1 rings (SSSR count). The smallest absolute Gasteiger partial charge is 0.173 e. The van der Waals surface area contributed by atoms with E-state index in [1.165, 1.54) is 18.2 Å². The molecule has 0 unspecified atom stereocenters. The van der Waals surface area contributed by atoms with Crippen LogP contribution in [0, 0.1) is 5.82 Å². The van der Waals surface area contributed by atoms with Gasteiger partial charge in [-0.3, -0.25) is 0 Å². The highest BCUT2D eigenvalue weighted by Crippen LogP contribution is 2.32. The van der Waals surface area contributed by atoms with E-state index < -0.39 is 5.82 Å². The fourth-order valence-electron chi connectivity index (χ4n) is 1.93. The Morgan fingerprint density at radius 3 is 2.38 bits per heavy atom.